The maximum atomic E-state index is 11.8. The largest absolute Gasteiger partial charge is 0.395 e. The number of hydrogen-bond donors (Lipinski definition) is 3. The van der Waals surface area contributed by atoms with Gasteiger partial charge in [-0.3, -0.25) is 0 Å². The van der Waals surface area contributed by atoms with Crippen molar-refractivity contribution in [3.8, 4) is 11.8 Å². The average molecular weight is 272 g/mol. The van der Waals surface area contributed by atoms with E-state index >= 15 is 0 Å². The molecule has 0 bridgehead atoms. The van der Waals surface area contributed by atoms with E-state index in [0.717, 1.165) is 29.7 Å². The van der Waals surface area contributed by atoms with Crippen molar-refractivity contribution in [1.82, 2.24) is 5.32 Å². The van der Waals surface area contributed by atoms with E-state index < -0.39 is 0 Å². The minimum atomic E-state index is -0.142. The highest BCUT2D eigenvalue weighted by molar-refractivity contribution is 5.90. The summed E-state index contributed by atoms with van der Waals surface area (Å²) in [6, 6.07) is 5.86. The number of anilines is 1. The summed E-state index contributed by atoms with van der Waals surface area (Å²) < 4.78 is 0. The van der Waals surface area contributed by atoms with E-state index in [4.69, 9.17) is 5.11 Å². The molecule has 4 nitrogen and oxygen atoms in total. The van der Waals surface area contributed by atoms with Crippen LogP contribution >= 0.6 is 0 Å². The van der Waals surface area contributed by atoms with E-state index in [1.807, 2.05) is 25.1 Å². The van der Waals surface area contributed by atoms with Crippen molar-refractivity contribution in [3.05, 3.63) is 29.3 Å². The Morgan fingerprint density at radius 3 is 2.85 bits per heavy atom. The number of urea groups is 1. The molecule has 2 rings (SSSR count). The number of hydrogen-bond acceptors (Lipinski definition) is 2. The molecule has 0 unspecified atom stereocenters. The Labute approximate surface area is 119 Å². The van der Waals surface area contributed by atoms with Crippen molar-refractivity contribution < 1.29 is 9.90 Å². The molecule has 4 heteroatoms. The minimum Gasteiger partial charge on any atom is -0.395 e. The first kappa shape index (κ1) is 14.4. The van der Waals surface area contributed by atoms with E-state index in [-0.39, 0.29) is 12.6 Å². The van der Waals surface area contributed by atoms with Gasteiger partial charge in [0.15, 0.2) is 0 Å². The van der Waals surface area contributed by atoms with Crippen LogP contribution in [0.3, 0.4) is 0 Å². The van der Waals surface area contributed by atoms with E-state index in [9.17, 15) is 4.79 Å². The third-order valence-electron chi connectivity index (χ3n) is 3.38. The third-order valence-corrected chi connectivity index (χ3v) is 3.38. The second kappa shape index (κ2) is 6.97. The van der Waals surface area contributed by atoms with Crippen molar-refractivity contribution in [2.24, 2.45) is 0 Å². The smallest absolute Gasteiger partial charge is 0.319 e. The lowest BCUT2D eigenvalue weighted by molar-refractivity contribution is 0.240. The van der Waals surface area contributed by atoms with Crippen molar-refractivity contribution in [2.75, 3.05) is 11.9 Å². The standard InChI is InChI=1S/C16H20N2O2/c1-12-11-13(5-2-3-10-19)8-9-15(12)18-16(20)17-14-6-4-7-14/h8-9,11,14,19H,3-4,6-7,10H2,1H3,(H2,17,18,20). The lowest BCUT2D eigenvalue weighted by Gasteiger charge is -2.26. The molecule has 3 N–H and O–H groups in total. The Kier molecular flexibility index (Phi) is 5.03. The maximum Gasteiger partial charge on any atom is 0.319 e. The molecular formula is C16H20N2O2. The minimum absolute atomic E-state index is 0.0763. The molecule has 0 aliphatic heterocycles. The van der Waals surface area contributed by atoms with Crippen LogP contribution in [0.1, 0.15) is 36.8 Å². The van der Waals surface area contributed by atoms with Gasteiger partial charge in [-0.1, -0.05) is 11.8 Å². The first-order chi connectivity index (χ1) is 9.69. The fourth-order valence-electron chi connectivity index (χ4n) is 2.00. The fraction of sp³-hybridized carbons (Fsp3) is 0.438. The average Bonchev–Trinajstić information content (AvgIpc) is 2.37. The highest BCUT2D eigenvalue weighted by atomic mass is 16.2. The topological polar surface area (TPSA) is 61.4 Å². The Morgan fingerprint density at radius 2 is 2.25 bits per heavy atom. The Balaban J connectivity index is 1.95. The van der Waals surface area contributed by atoms with E-state index in [1.165, 1.54) is 6.42 Å². The number of benzene rings is 1. The van der Waals surface area contributed by atoms with Gasteiger partial charge in [-0.15, -0.1) is 0 Å². The van der Waals surface area contributed by atoms with Gasteiger partial charge in [-0.25, -0.2) is 4.79 Å². The van der Waals surface area contributed by atoms with Crippen molar-refractivity contribution in [2.45, 2.75) is 38.6 Å². The van der Waals surface area contributed by atoms with Crippen LogP contribution in [0.5, 0.6) is 0 Å². The van der Waals surface area contributed by atoms with Crippen molar-refractivity contribution in [3.63, 3.8) is 0 Å². The Hall–Kier alpha value is -1.99. The number of amides is 2. The molecule has 0 heterocycles. The summed E-state index contributed by atoms with van der Waals surface area (Å²) in [4.78, 5) is 11.8. The third kappa shape index (κ3) is 4.01. The van der Waals surface area contributed by atoms with Crippen LogP contribution in [0, 0.1) is 18.8 Å². The molecule has 2 amide bonds. The summed E-state index contributed by atoms with van der Waals surface area (Å²) in [6.07, 6.45) is 3.82. The number of aliphatic hydroxyl groups excluding tert-OH is 1. The summed E-state index contributed by atoms with van der Waals surface area (Å²) in [5.74, 6) is 5.86. The zero-order valence-corrected chi connectivity index (χ0v) is 11.7. The molecule has 0 saturated heterocycles. The summed E-state index contributed by atoms with van der Waals surface area (Å²) in [7, 11) is 0. The lowest BCUT2D eigenvalue weighted by atomic mass is 9.93. The monoisotopic (exact) mass is 272 g/mol. The zero-order chi connectivity index (χ0) is 14.4. The summed E-state index contributed by atoms with van der Waals surface area (Å²) in [6.45, 7) is 2.02. The Bertz CT molecular complexity index is 539. The predicted molar refractivity (Wildman–Crippen MR) is 79.6 cm³/mol. The number of aryl methyl sites for hydroxylation is 1. The van der Waals surface area contributed by atoms with Gasteiger partial charge < -0.3 is 15.7 Å². The van der Waals surface area contributed by atoms with Gasteiger partial charge >= 0.3 is 6.03 Å². The summed E-state index contributed by atoms with van der Waals surface area (Å²) in [5.41, 5.74) is 2.67. The van der Waals surface area contributed by atoms with Crippen LogP contribution < -0.4 is 10.6 Å². The first-order valence-electron chi connectivity index (χ1n) is 6.97. The van der Waals surface area contributed by atoms with Gasteiger partial charge in [0.05, 0.1) is 6.61 Å². The molecule has 0 radical (unpaired) electrons. The molecule has 1 aliphatic rings. The van der Waals surface area contributed by atoms with Gasteiger partial charge in [0.1, 0.15) is 0 Å². The summed E-state index contributed by atoms with van der Waals surface area (Å²) in [5, 5.41) is 14.5. The van der Waals surface area contributed by atoms with Crippen LogP contribution in [0.4, 0.5) is 10.5 Å². The highest BCUT2D eigenvalue weighted by Crippen LogP contribution is 2.19. The number of nitrogens with one attached hydrogen (secondary N) is 2. The molecule has 1 aromatic rings. The van der Waals surface area contributed by atoms with Gasteiger partial charge in [-0.05, 0) is 49.9 Å². The second-order valence-corrected chi connectivity index (χ2v) is 5.03. The fourth-order valence-corrected chi connectivity index (χ4v) is 2.00. The number of aliphatic hydroxyl groups is 1. The molecule has 1 saturated carbocycles. The molecule has 1 fully saturated rings. The molecule has 0 spiro atoms. The maximum absolute atomic E-state index is 11.8. The van der Waals surface area contributed by atoms with Crippen LogP contribution in [0.15, 0.2) is 18.2 Å². The van der Waals surface area contributed by atoms with E-state index in [0.29, 0.717) is 12.5 Å². The van der Waals surface area contributed by atoms with Crippen LogP contribution in [-0.4, -0.2) is 23.8 Å². The SMILES string of the molecule is Cc1cc(C#CCCO)ccc1NC(=O)NC1CCC1. The molecule has 0 atom stereocenters. The van der Waals surface area contributed by atoms with E-state index in [1.54, 1.807) is 0 Å². The zero-order valence-electron chi connectivity index (χ0n) is 11.7. The van der Waals surface area contributed by atoms with Gasteiger partial charge in [0.25, 0.3) is 0 Å². The second-order valence-electron chi connectivity index (χ2n) is 5.03. The molecular weight excluding hydrogens is 252 g/mol. The van der Waals surface area contributed by atoms with Crippen molar-refractivity contribution in [1.29, 1.82) is 0 Å². The van der Waals surface area contributed by atoms with Crippen molar-refractivity contribution >= 4 is 11.7 Å². The van der Waals surface area contributed by atoms with Crippen LogP contribution in [0.2, 0.25) is 0 Å². The molecule has 1 aromatic carbocycles. The predicted octanol–water partition coefficient (Wildman–Crippen LogP) is 2.40. The Morgan fingerprint density at radius 1 is 1.45 bits per heavy atom. The summed E-state index contributed by atoms with van der Waals surface area (Å²) >= 11 is 0. The first-order valence-corrected chi connectivity index (χ1v) is 6.97. The molecule has 1 aliphatic carbocycles. The van der Waals surface area contributed by atoms with Crippen LogP contribution in [0.25, 0.3) is 0 Å². The molecule has 20 heavy (non-hydrogen) atoms. The molecule has 106 valence electrons. The quantitative estimate of drug-likeness (QED) is 0.740. The lowest BCUT2D eigenvalue weighted by Crippen LogP contribution is -2.41. The van der Waals surface area contributed by atoms with Gasteiger partial charge in [0, 0.05) is 23.7 Å². The van der Waals surface area contributed by atoms with Gasteiger partial charge in [0.2, 0.25) is 0 Å². The normalized spacial score (nSPS) is 13.9. The molecule has 0 aromatic heterocycles. The van der Waals surface area contributed by atoms with Crippen LogP contribution in [-0.2, 0) is 0 Å². The van der Waals surface area contributed by atoms with E-state index in [2.05, 4.69) is 22.5 Å². The number of carbonyl (C=O) groups is 1. The van der Waals surface area contributed by atoms with Gasteiger partial charge in [-0.2, -0.15) is 0 Å². The number of rotatable bonds is 3. The number of carbonyl (C=O) groups excluding carboxylic acids is 1. The highest BCUT2D eigenvalue weighted by Gasteiger charge is 2.19.